The first-order valence-corrected chi connectivity index (χ1v) is 4.99. The van der Waals surface area contributed by atoms with E-state index in [1.165, 1.54) is 12.1 Å². The molecule has 1 aromatic carbocycles. The molecular weight excluding hydrogens is 195 g/mol. The number of benzene rings is 1. The Kier molecular flexibility index (Phi) is 2.97. The van der Waals surface area contributed by atoms with Crippen LogP contribution in [0.25, 0.3) is 0 Å². The van der Waals surface area contributed by atoms with Gasteiger partial charge in [-0.25, -0.2) is 4.39 Å². The number of rotatable bonds is 2. The summed E-state index contributed by atoms with van der Waals surface area (Å²) in [6, 6.07) is 6.23. The van der Waals surface area contributed by atoms with E-state index in [1.807, 2.05) is 0 Å². The van der Waals surface area contributed by atoms with E-state index < -0.39 is 0 Å². The van der Waals surface area contributed by atoms with Gasteiger partial charge in [0.25, 0.3) is 0 Å². The first kappa shape index (κ1) is 10.1. The standard InChI is InChI=1S/C11H13FN2O/c12-9-1-3-11(4-2-9)14-6-5-13-10(7-14)8-15/h1-4,8,10,13H,5-7H2. The third-order valence-corrected chi connectivity index (χ3v) is 2.56. The van der Waals surface area contributed by atoms with Crippen molar-refractivity contribution in [2.45, 2.75) is 6.04 Å². The predicted molar refractivity (Wildman–Crippen MR) is 56.5 cm³/mol. The molecule has 80 valence electrons. The lowest BCUT2D eigenvalue weighted by molar-refractivity contribution is -0.109. The Labute approximate surface area is 87.9 Å². The van der Waals surface area contributed by atoms with Crippen LogP contribution in [0.3, 0.4) is 0 Å². The second-order valence-electron chi connectivity index (χ2n) is 3.62. The second kappa shape index (κ2) is 4.40. The lowest BCUT2D eigenvalue weighted by Crippen LogP contribution is -2.51. The molecule has 0 bridgehead atoms. The topological polar surface area (TPSA) is 32.3 Å². The fourth-order valence-corrected chi connectivity index (χ4v) is 1.76. The van der Waals surface area contributed by atoms with Gasteiger partial charge >= 0.3 is 0 Å². The van der Waals surface area contributed by atoms with Crippen LogP contribution in [0.1, 0.15) is 0 Å². The molecule has 0 amide bonds. The van der Waals surface area contributed by atoms with Gasteiger partial charge in [-0.3, -0.25) is 0 Å². The van der Waals surface area contributed by atoms with Gasteiger partial charge in [0.05, 0.1) is 6.04 Å². The van der Waals surface area contributed by atoms with E-state index in [2.05, 4.69) is 10.2 Å². The molecular formula is C11H13FN2O. The van der Waals surface area contributed by atoms with Crippen LogP contribution < -0.4 is 10.2 Å². The van der Waals surface area contributed by atoms with Gasteiger partial charge in [0.1, 0.15) is 12.1 Å². The number of carbonyl (C=O) groups excluding carboxylic acids is 1. The molecule has 15 heavy (non-hydrogen) atoms. The predicted octanol–water partition coefficient (Wildman–Crippen LogP) is 0.803. The average molecular weight is 208 g/mol. The van der Waals surface area contributed by atoms with Crippen LogP contribution in [-0.4, -0.2) is 32.0 Å². The van der Waals surface area contributed by atoms with Crippen molar-refractivity contribution in [1.29, 1.82) is 0 Å². The van der Waals surface area contributed by atoms with Gasteiger partial charge in [0.15, 0.2) is 0 Å². The summed E-state index contributed by atoms with van der Waals surface area (Å²) >= 11 is 0. The number of anilines is 1. The van der Waals surface area contributed by atoms with Crippen LogP contribution in [-0.2, 0) is 4.79 Å². The van der Waals surface area contributed by atoms with E-state index in [9.17, 15) is 9.18 Å². The number of hydrogen-bond donors (Lipinski definition) is 1. The van der Waals surface area contributed by atoms with Gasteiger partial charge in [-0.05, 0) is 24.3 Å². The van der Waals surface area contributed by atoms with Gasteiger partial charge < -0.3 is 15.0 Å². The van der Waals surface area contributed by atoms with Gasteiger partial charge in [0, 0.05) is 25.3 Å². The molecule has 1 saturated heterocycles. The first-order chi connectivity index (χ1) is 7.29. The zero-order valence-electron chi connectivity index (χ0n) is 8.32. The molecule has 0 aromatic heterocycles. The molecule has 1 aliphatic rings. The van der Waals surface area contributed by atoms with E-state index in [4.69, 9.17) is 0 Å². The van der Waals surface area contributed by atoms with Crippen LogP contribution in [0.2, 0.25) is 0 Å². The second-order valence-corrected chi connectivity index (χ2v) is 3.62. The highest BCUT2D eigenvalue weighted by atomic mass is 19.1. The molecule has 3 nitrogen and oxygen atoms in total. The molecule has 0 spiro atoms. The van der Waals surface area contributed by atoms with E-state index in [-0.39, 0.29) is 11.9 Å². The summed E-state index contributed by atoms with van der Waals surface area (Å²) in [5, 5.41) is 3.10. The van der Waals surface area contributed by atoms with E-state index >= 15 is 0 Å². The van der Waals surface area contributed by atoms with Crippen molar-refractivity contribution in [1.82, 2.24) is 5.32 Å². The van der Waals surface area contributed by atoms with Crippen molar-refractivity contribution < 1.29 is 9.18 Å². The van der Waals surface area contributed by atoms with Crippen LogP contribution in [0.4, 0.5) is 10.1 Å². The van der Waals surface area contributed by atoms with Gasteiger partial charge in [-0.1, -0.05) is 0 Å². The Balaban J connectivity index is 2.09. The quantitative estimate of drug-likeness (QED) is 0.730. The molecule has 0 saturated carbocycles. The average Bonchev–Trinajstić information content (AvgIpc) is 2.30. The molecule has 1 unspecified atom stereocenters. The lowest BCUT2D eigenvalue weighted by atomic mass is 10.2. The Morgan fingerprint density at radius 1 is 1.40 bits per heavy atom. The van der Waals surface area contributed by atoms with E-state index in [1.54, 1.807) is 12.1 Å². The SMILES string of the molecule is O=CC1CN(c2ccc(F)cc2)CCN1. The maximum absolute atomic E-state index is 12.7. The molecule has 1 fully saturated rings. The van der Waals surface area contributed by atoms with Gasteiger partial charge in [0.2, 0.25) is 0 Å². The Hall–Kier alpha value is -1.42. The Morgan fingerprint density at radius 3 is 2.80 bits per heavy atom. The summed E-state index contributed by atoms with van der Waals surface area (Å²) in [6.07, 6.45) is 0.912. The van der Waals surface area contributed by atoms with Crippen LogP contribution in [0.15, 0.2) is 24.3 Å². The van der Waals surface area contributed by atoms with Crippen LogP contribution in [0, 0.1) is 5.82 Å². The highest BCUT2D eigenvalue weighted by molar-refractivity contribution is 5.60. The Bertz CT molecular complexity index is 339. The van der Waals surface area contributed by atoms with E-state index in [0.717, 1.165) is 25.1 Å². The number of halogens is 1. The third-order valence-electron chi connectivity index (χ3n) is 2.56. The molecule has 1 atom stereocenters. The van der Waals surface area contributed by atoms with Crippen LogP contribution in [0.5, 0.6) is 0 Å². The minimum atomic E-state index is -0.235. The largest absolute Gasteiger partial charge is 0.368 e. The number of nitrogens with zero attached hydrogens (tertiary/aromatic N) is 1. The van der Waals surface area contributed by atoms with E-state index in [0.29, 0.717) is 6.54 Å². The number of nitrogens with one attached hydrogen (secondary N) is 1. The smallest absolute Gasteiger partial charge is 0.138 e. The maximum Gasteiger partial charge on any atom is 0.138 e. The molecule has 2 rings (SSSR count). The van der Waals surface area contributed by atoms with Crippen LogP contribution >= 0.6 is 0 Å². The van der Waals surface area contributed by atoms with Crippen molar-refractivity contribution >= 4 is 12.0 Å². The van der Waals surface area contributed by atoms with Gasteiger partial charge in [-0.2, -0.15) is 0 Å². The molecule has 1 N–H and O–H groups in total. The first-order valence-electron chi connectivity index (χ1n) is 4.99. The summed E-state index contributed by atoms with van der Waals surface area (Å²) in [6.45, 7) is 2.27. The minimum absolute atomic E-state index is 0.121. The van der Waals surface area contributed by atoms with Crippen molar-refractivity contribution in [3.63, 3.8) is 0 Å². The third kappa shape index (κ3) is 2.33. The summed E-state index contributed by atoms with van der Waals surface area (Å²) in [7, 11) is 0. The number of carbonyl (C=O) groups is 1. The lowest BCUT2D eigenvalue weighted by Gasteiger charge is -2.32. The molecule has 4 heteroatoms. The van der Waals surface area contributed by atoms with Crippen molar-refractivity contribution in [2.24, 2.45) is 0 Å². The molecule has 1 heterocycles. The fourth-order valence-electron chi connectivity index (χ4n) is 1.76. The summed E-state index contributed by atoms with van der Waals surface area (Å²) < 4.78 is 12.7. The molecule has 0 radical (unpaired) electrons. The number of hydrogen-bond acceptors (Lipinski definition) is 3. The monoisotopic (exact) mass is 208 g/mol. The zero-order valence-corrected chi connectivity index (χ0v) is 8.32. The fraction of sp³-hybridized carbons (Fsp3) is 0.364. The molecule has 1 aromatic rings. The number of piperazine rings is 1. The number of aldehydes is 1. The summed E-state index contributed by atoms with van der Waals surface area (Å²) in [4.78, 5) is 12.7. The maximum atomic E-state index is 12.7. The van der Waals surface area contributed by atoms with Gasteiger partial charge in [-0.15, -0.1) is 0 Å². The minimum Gasteiger partial charge on any atom is -0.368 e. The highest BCUT2D eigenvalue weighted by Crippen LogP contribution is 2.15. The van der Waals surface area contributed by atoms with Crippen molar-refractivity contribution in [2.75, 3.05) is 24.5 Å². The van der Waals surface area contributed by atoms with Crippen molar-refractivity contribution in [3.05, 3.63) is 30.1 Å². The Morgan fingerprint density at radius 2 is 2.13 bits per heavy atom. The van der Waals surface area contributed by atoms with Crippen molar-refractivity contribution in [3.8, 4) is 0 Å². The summed E-state index contributed by atoms with van der Waals surface area (Å²) in [5.41, 5.74) is 0.963. The normalized spacial score (nSPS) is 21.4. The summed E-state index contributed by atoms with van der Waals surface area (Å²) in [5.74, 6) is -0.235. The molecule has 1 aliphatic heterocycles. The zero-order chi connectivity index (χ0) is 10.7. The highest BCUT2D eigenvalue weighted by Gasteiger charge is 2.18. The molecule has 0 aliphatic carbocycles.